The van der Waals surface area contributed by atoms with Gasteiger partial charge in [0.1, 0.15) is 23.7 Å². The number of fused-ring (bicyclic) bond motifs is 2. The molecule has 0 saturated heterocycles. The maximum absolute atomic E-state index is 12.5. The van der Waals surface area contributed by atoms with Crippen LogP contribution in [0.15, 0.2) is 25.3 Å². The van der Waals surface area contributed by atoms with Crippen LogP contribution >= 0.6 is 8.25 Å². The van der Waals surface area contributed by atoms with Crippen molar-refractivity contribution in [2.45, 2.75) is 64.8 Å². The van der Waals surface area contributed by atoms with E-state index in [0.29, 0.717) is 47.1 Å². The van der Waals surface area contributed by atoms with Gasteiger partial charge < -0.3 is 30.1 Å². The topological polar surface area (TPSA) is 193 Å². The second kappa shape index (κ2) is 9.35. The summed E-state index contributed by atoms with van der Waals surface area (Å²) in [6.07, 6.45) is 7.71. The molecular weight excluding hydrogens is 539 g/mol. The number of anilines is 2. The Hall–Kier alpha value is -3.36. The molecule has 4 aromatic heterocycles. The molecule has 2 saturated carbocycles. The van der Waals surface area contributed by atoms with E-state index >= 15 is 0 Å². The van der Waals surface area contributed by atoms with Crippen LogP contribution in [0.3, 0.4) is 0 Å². The predicted octanol–water partition coefficient (Wildman–Crippen LogP) is 2.81. The summed E-state index contributed by atoms with van der Waals surface area (Å²) < 4.78 is 39.2. The highest BCUT2D eigenvalue weighted by Crippen LogP contribution is 2.60. The number of nitrogens with zero attached hydrogens (tertiary/aromatic N) is 8. The molecule has 2 aliphatic rings. The van der Waals surface area contributed by atoms with E-state index in [2.05, 4.69) is 57.6 Å². The molecule has 2 aliphatic carbocycles. The van der Waals surface area contributed by atoms with Crippen molar-refractivity contribution in [3.63, 3.8) is 0 Å². The molecule has 4 heterocycles. The molecule has 16 heteroatoms. The minimum Gasteiger partial charge on any atom is -0.382 e. The summed E-state index contributed by atoms with van der Waals surface area (Å²) in [7, 11) is -2.47. The summed E-state index contributed by atoms with van der Waals surface area (Å²) in [5.74, 6) is 0.642. The molecule has 212 valence electrons. The van der Waals surface area contributed by atoms with Crippen molar-refractivity contribution in [3.8, 4) is 0 Å². The number of ether oxygens (including phenoxy) is 2. The Morgan fingerprint density at radius 2 is 1.15 bits per heavy atom. The molecule has 4 N–H and O–H groups in total. The monoisotopic (exact) mass is 571 g/mol. The number of aromatic nitrogens is 8. The first kappa shape index (κ1) is 26.8. The van der Waals surface area contributed by atoms with Crippen LogP contribution in [0, 0.1) is 10.8 Å². The van der Waals surface area contributed by atoms with Gasteiger partial charge in [0.2, 0.25) is 13.6 Å². The fourth-order valence-electron chi connectivity index (χ4n) is 5.44. The lowest BCUT2D eigenvalue weighted by Crippen LogP contribution is -2.28. The van der Waals surface area contributed by atoms with E-state index in [1.54, 1.807) is 12.7 Å². The quantitative estimate of drug-likeness (QED) is 0.186. The maximum Gasteiger partial charge on any atom is 0.702 e. The van der Waals surface area contributed by atoms with E-state index < -0.39 is 19.5 Å². The van der Waals surface area contributed by atoms with E-state index in [-0.39, 0.29) is 24.4 Å². The standard InChI is InChI=1S/C24H32N10O5P/c1-21(2)5-23(21,7-33-11-31-15-17(25)27-9-29-19(15)33)36-13-38-40(35)39-14-37-24(6-22(24,3)4)8-34-12-32-16-18(26)28-10-30-20(16)34/h9-12H,5-8,13-14H2,1-4H3,(H2,25,27,29)(H2,26,28,30)/q+1. The van der Waals surface area contributed by atoms with Crippen molar-refractivity contribution in [1.29, 1.82) is 0 Å². The highest BCUT2D eigenvalue weighted by molar-refractivity contribution is 7.33. The summed E-state index contributed by atoms with van der Waals surface area (Å²) >= 11 is 0. The van der Waals surface area contributed by atoms with E-state index in [1.807, 2.05) is 9.13 Å². The van der Waals surface area contributed by atoms with Gasteiger partial charge in [-0.3, -0.25) is 0 Å². The molecule has 2 fully saturated rings. The Morgan fingerprint density at radius 1 is 0.750 bits per heavy atom. The Balaban J connectivity index is 1.02. The molecule has 2 atom stereocenters. The number of nitrogen functional groups attached to an aromatic ring is 2. The molecule has 0 bridgehead atoms. The molecule has 0 amide bonds. The molecule has 2 unspecified atom stereocenters. The number of hydrogen-bond acceptors (Lipinski definition) is 13. The average molecular weight is 572 g/mol. The third kappa shape index (κ3) is 4.57. The molecule has 15 nitrogen and oxygen atoms in total. The number of hydrogen-bond donors (Lipinski definition) is 2. The third-order valence-corrected chi connectivity index (χ3v) is 9.00. The fourth-order valence-corrected chi connectivity index (χ4v) is 5.80. The zero-order valence-electron chi connectivity index (χ0n) is 22.8. The van der Waals surface area contributed by atoms with Gasteiger partial charge in [-0.1, -0.05) is 36.7 Å². The van der Waals surface area contributed by atoms with Crippen LogP contribution < -0.4 is 11.5 Å². The van der Waals surface area contributed by atoms with Gasteiger partial charge in [0.15, 0.2) is 22.9 Å². The van der Waals surface area contributed by atoms with Gasteiger partial charge in [-0.05, 0) is 23.7 Å². The Labute approximate surface area is 230 Å². The van der Waals surface area contributed by atoms with Gasteiger partial charge in [-0.15, -0.1) is 0 Å². The van der Waals surface area contributed by atoms with Crippen LogP contribution in [0.4, 0.5) is 11.6 Å². The minimum absolute atomic E-state index is 0.127. The first-order valence-corrected chi connectivity index (χ1v) is 13.9. The van der Waals surface area contributed by atoms with Crippen LogP contribution in [-0.4, -0.2) is 63.8 Å². The SMILES string of the molecule is CC1(C)CC1(Cn1cnc2c(N)ncnc21)OCO[P+](=O)OCOC1(Cn2cnc3c(N)ncnc32)CC1(C)C. The normalized spacial score (nSPS) is 24.9. The smallest absolute Gasteiger partial charge is 0.382 e. The van der Waals surface area contributed by atoms with Gasteiger partial charge in [-0.2, -0.15) is 0 Å². The number of rotatable bonds is 12. The molecule has 4 aromatic rings. The average Bonchev–Trinajstić information content (AvgIpc) is 3.36. The van der Waals surface area contributed by atoms with Crippen molar-refractivity contribution >= 4 is 42.2 Å². The first-order chi connectivity index (χ1) is 19.0. The molecule has 6 rings (SSSR count). The predicted molar refractivity (Wildman–Crippen MR) is 143 cm³/mol. The lowest BCUT2D eigenvalue weighted by Gasteiger charge is -2.21. The third-order valence-electron chi connectivity index (χ3n) is 8.37. The van der Waals surface area contributed by atoms with Crippen molar-refractivity contribution in [1.82, 2.24) is 39.0 Å². The number of nitrogens with two attached hydrogens (primary N) is 2. The molecular formula is C24H32N10O5P+. The van der Waals surface area contributed by atoms with Crippen LogP contribution in [0.25, 0.3) is 22.3 Å². The zero-order valence-corrected chi connectivity index (χ0v) is 23.7. The lowest BCUT2D eigenvalue weighted by molar-refractivity contribution is -0.0958. The van der Waals surface area contributed by atoms with Gasteiger partial charge in [0.25, 0.3) is 0 Å². The summed E-state index contributed by atoms with van der Waals surface area (Å²) in [4.78, 5) is 25.2. The molecule has 0 radical (unpaired) electrons. The lowest BCUT2D eigenvalue weighted by atomic mass is 10.1. The summed E-state index contributed by atoms with van der Waals surface area (Å²) in [5.41, 5.74) is 12.8. The maximum atomic E-state index is 12.5. The first-order valence-electron chi connectivity index (χ1n) is 12.8. The van der Waals surface area contributed by atoms with E-state index in [0.717, 1.165) is 12.8 Å². The minimum atomic E-state index is -2.47. The summed E-state index contributed by atoms with van der Waals surface area (Å²) in [5, 5.41) is 0. The van der Waals surface area contributed by atoms with Crippen LogP contribution in [0.5, 0.6) is 0 Å². The van der Waals surface area contributed by atoms with Gasteiger partial charge >= 0.3 is 8.25 Å². The second-order valence-corrected chi connectivity index (χ2v) is 12.7. The molecule has 0 spiro atoms. The van der Waals surface area contributed by atoms with Crippen molar-refractivity contribution in [3.05, 3.63) is 25.3 Å². The summed E-state index contributed by atoms with van der Waals surface area (Å²) in [6, 6.07) is 0. The zero-order chi connectivity index (χ0) is 28.3. The summed E-state index contributed by atoms with van der Waals surface area (Å²) in [6.45, 7) is 8.94. The number of imidazole rings is 2. The molecule has 40 heavy (non-hydrogen) atoms. The van der Waals surface area contributed by atoms with Crippen molar-refractivity contribution in [2.75, 3.05) is 25.1 Å². The van der Waals surface area contributed by atoms with Gasteiger partial charge in [0.05, 0.1) is 36.9 Å². The molecule has 0 aliphatic heterocycles. The second-order valence-electron chi connectivity index (χ2n) is 11.7. The Morgan fingerprint density at radius 3 is 1.52 bits per heavy atom. The Bertz CT molecular complexity index is 1490. The Kier molecular flexibility index (Phi) is 6.27. The van der Waals surface area contributed by atoms with E-state index in [1.165, 1.54) is 12.7 Å². The van der Waals surface area contributed by atoms with Crippen molar-refractivity contribution < 1.29 is 23.1 Å². The fraction of sp³-hybridized carbons (Fsp3) is 0.583. The van der Waals surface area contributed by atoms with E-state index in [9.17, 15) is 4.57 Å². The largest absolute Gasteiger partial charge is 0.702 e. The van der Waals surface area contributed by atoms with Crippen LogP contribution in [0.2, 0.25) is 0 Å². The highest BCUT2D eigenvalue weighted by atomic mass is 31.1. The van der Waals surface area contributed by atoms with Gasteiger partial charge in [-0.25, -0.2) is 29.9 Å². The van der Waals surface area contributed by atoms with Crippen LogP contribution in [0.1, 0.15) is 40.5 Å². The van der Waals surface area contributed by atoms with Gasteiger partial charge in [0, 0.05) is 4.57 Å². The van der Waals surface area contributed by atoms with Crippen LogP contribution in [-0.2, 0) is 36.2 Å². The molecule has 0 aromatic carbocycles. The van der Waals surface area contributed by atoms with E-state index in [4.69, 9.17) is 30.0 Å². The van der Waals surface area contributed by atoms with Crippen molar-refractivity contribution in [2.24, 2.45) is 10.8 Å². The highest BCUT2D eigenvalue weighted by Gasteiger charge is 2.64.